The van der Waals surface area contributed by atoms with Crippen LogP contribution in [-0.4, -0.2) is 26.2 Å². The summed E-state index contributed by atoms with van der Waals surface area (Å²) in [6, 6.07) is 5.35. The van der Waals surface area contributed by atoms with E-state index in [1.807, 2.05) is 0 Å². The van der Waals surface area contributed by atoms with Crippen LogP contribution in [0.15, 0.2) is 23.3 Å². The average Bonchev–Trinajstić information content (AvgIpc) is 2.76. The number of nitrogens with one attached hydrogen (secondary N) is 1. The molecule has 0 saturated heterocycles. The van der Waals surface area contributed by atoms with Gasteiger partial charge in [-0.2, -0.15) is 5.10 Å². The third kappa shape index (κ3) is 2.22. The van der Waals surface area contributed by atoms with Gasteiger partial charge in [-0.15, -0.1) is 0 Å². The van der Waals surface area contributed by atoms with E-state index in [1.54, 1.807) is 18.2 Å². The molecule has 1 N–H and O–H groups in total. The van der Waals surface area contributed by atoms with Crippen molar-refractivity contribution >= 4 is 12.3 Å². The van der Waals surface area contributed by atoms with E-state index in [1.165, 1.54) is 13.3 Å². The first-order valence-electron chi connectivity index (χ1n) is 4.56. The van der Waals surface area contributed by atoms with E-state index in [0.717, 1.165) is 5.56 Å². The smallest absolute Gasteiger partial charge is 0.427 e. The number of hydrogen-bond acceptors (Lipinski definition) is 5. The van der Waals surface area contributed by atoms with Gasteiger partial charge in [0, 0.05) is 0 Å². The van der Waals surface area contributed by atoms with Crippen molar-refractivity contribution in [2.24, 2.45) is 5.10 Å². The fraction of sp³-hybridized carbons (Fsp3) is 0.200. The Hall–Kier alpha value is -2.24. The van der Waals surface area contributed by atoms with Gasteiger partial charge in [0.25, 0.3) is 0 Å². The topological polar surface area (TPSA) is 69.2 Å². The summed E-state index contributed by atoms with van der Waals surface area (Å²) in [4.78, 5) is 10.7. The lowest BCUT2D eigenvalue weighted by Crippen LogP contribution is -2.16. The van der Waals surface area contributed by atoms with Crippen LogP contribution >= 0.6 is 0 Å². The van der Waals surface area contributed by atoms with Crippen LogP contribution in [0.1, 0.15) is 5.56 Å². The predicted molar refractivity (Wildman–Crippen MR) is 55.7 cm³/mol. The molecule has 0 spiro atoms. The largest absolute Gasteiger partial charge is 0.454 e. The molecule has 0 fully saturated rings. The summed E-state index contributed by atoms with van der Waals surface area (Å²) in [6.07, 6.45) is 0.871. The van der Waals surface area contributed by atoms with Crippen molar-refractivity contribution in [3.05, 3.63) is 23.8 Å². The molecule has 84 valence electrons. The molecule has 1 aromatic carbocycles. The van der Waals surface area contributed by atoms with Crippen LogP contribution in [-0.2, 0) is 4.74 Å². The van der Waals surface area contributed by atoms with Crippen LogP contribution < -0.4 is 14.9 Å². The van der Waals surface area contributed by atoms with Crippen LogP contribution in [0.5, 0.6) is 11.5 Å². The average molecular weight is 222 g/mol. The summed E-state index contributed by atoms with van der Waals surface area (Å²) in [7, 11) is 1.27. The number of amides is 1. The molecule has 2 rings (SSSR count). The molecule has 0 atom stereocenters. The minimum atomic E-state index is -0.614. The minimum Gasteiger partial charge on any atom is -0.454 e. The van der Waals surface area contributed by atoms with Gasteiger partial charge in [0.2, 0.25) is 6.79 Å². The highest BCUT2D eigenvalue weighted by Crippen LogP contribution is 2.31. The summed E-state index contributed by atoms with van der Waals surface area (Å²) >= 11 is 0. The zero-order valence-corrected chi connectivity index (χ0v) is 8.60. The van der Waals surface area contributed by atoms with Gasteiger partial charge in [0.1, 0.15) is 0 Å². The second kappa shape index (κ2) is 4.52. The number of hydrazone groups is 1. The van der Waals surface area contributed by atoms with Gasteiger partial charge in [-0.05, 0) is 23.8 Å². The molecular formula is C10H10N2O4. The van der Waals surface area contributed by atoms with Crippen molar-refractivity contribution in [1.29, 1.82) is 0 Å². The van der Waals surface area contributed by atoms with E-state index in [9.17, 15) is 4.79 Å². The van der Waals surface area contributed by atoms with Crippen LogP contribution in [0.4, 0.5) is 4.79 Å². The highest BCUT2D eigenvalue weighted by molar-refractivity contribution is 5.82. The predicted octanol–water partition coefficient (Wildman–Crippen LogP) is 1.11. The lowest BCUT2D eigenvalue weighted by atomic mass is 10.2. The Morgan fingerprint density at radius 1 is 1.50 bits per heavy atom. The number of carbonyl (C=O) groups is 1. The third-order valence-electron chi connectivity index (χ3n) is 1.95. The Balaban J connectivity index is 2.02. The first-order valence-corrected chi connectivity index (χ1v) is 4.56. The zero-order chi connectivity index (χ0) is 11.4. The maximum atomic E-state index is 10.7. The van der Waals surface area contributed by atoms with Gasteiger partial charge in [0.05, 0.1) is 13.3 Å². The number of benzene rings is 1. The Kier molecular flexibility index (Phi) is 2.90. The molecule has 1 aliphatic heterocycles. The van der Waals surface area contributed by atoms with E-state index in [0.29, 0.717) is 11.5 Å². The van der Waals surface area contributed by atoms with Crippen molar-refractivity contribution in [1.82, 2.24) is 5.43 Å². The monoisotopic (exact) mass is 222 g/mol. The van der Waals surface area contributed by atoms with Crippen LogP contribution in [0.3, 0.4) is 0 Å². The Labute approximate surface area is 91.8 Å². The second-order valence-corrected chi connectivity index (χ2v) is 2.97. The fourth-order valence-electron chi connectivity index (χ4n) is 1.20. The quantitative estimate of drug-likeness (QED) is 0.601. The van der Waals surface area contributed by atoms with E-state index >= 15 is 0 Å². The van der Waals surface area contributed by atoms with Crippen LogP contribution in [0.25, 0.3) is 0 Å². The third-order valence-corrected chi connectivity index (χ3v) is 1.95. The summed E-state index contributed by atoms with van der Waals surface area (Å²) in [6.45, 7) is 0.232. The number of fused-ring (bicyclic) bond motifs is 1. The molecule has 0 unspecified atom stereocenters. The number of rotatable bonds is 2. The van der Waals surface area contributed by atoms with Crippen molar-refractivity contribution in [2.75, 3.05) is 13.9 Å². The van der Waals surface area contributed by atoms with Crippen molar-refractivity contribution < 1.29 is 19.0 Å². The number of ether oxygens (including phenoxy) is 3. The molecule has 6 nitrogen and oxygen atoms in total. The maximum absolute atomic E-state index is 10.7. The molecule has 0 aliphatic carbocycles. The van der Waals surface area contributed by atoms with Gasteiger partial charge in [-0.1, -0.05) is 0 Å². The molecule has 16 heavy (non-hydrogen) atoms. The summed E-state index contributed by atoms with van der Waals surface area (Å²) in [5, 5.41) is 3.69. The molecule has 1 aliphatic rings. The van der Waals surface area contributed by atoms with Gasteiger partial charge >= 0.3 is 6.09 Å². The minimum absolute atomic E-state index is 0.232. The SMILES string of the molecule is COC(=O)N/N=C/c1ccc2c(c1)OCO2. The molecule has 1 heterocycles. The van der Waals surface area contributed by atoms with E-state index in [4.69, 9.17) is 9.47 Å². The molecule has 0 radical (unpaired) electrons. The van der Waals surface area contributed by atoms with Crippen LogP contribution in [0.2, 0.25) is 0 Å². The fourth-order valence-corrected chi connectivity index (χ4v) is 1.20. The van der Waals surface area contributed by atoms with E-state index < -0.39 is 6.09 Å². The van der Waals surface area contributed by atoms with E-state index in [2.05, 4.69) is 15.3 Å². The lowest BCUT2D eigenvalue weighted by Gasteiger charge is -1.98. The molecule has 0 saturated carbocycles. The zero-order valence-electron chi connectivity index (χ0n) is 8.60. The lowest BCUT2D eigenvalue weighted by molar-refractivity contribution is 0.171. The van der Waals surface area contributed by atoms with Crippen LogP contribution in [0, 0.1) is 0 Å². The van der Waals surface area contributed by atoms with Crippen molar-refractivity contribution in [2.45, 2.75) is 0 Å². The molecule has 0 aromatic heterocycles. The van der Waals surface area contributed by atoms with Gasteiger partial charge in [-0.25, -0.2) is 10.2 Å². The molecular weight excluding hydrogens is 212 g/mol. The molecule has 0 bridgehead atoms. The summed E-state index contributed by atoms with van der Waals surface area (Å²) < 4.78 is 14.7. The maximum Gasteiger partial charge on any atom is 0.427 e. The standard InChI is InChI=1S/C10H10N2O4/c1-14-10(13)12-11-5-7-2-3-8-9(4-7)16-6-15-8/h2-5H,6H2,1H3,(H,12,13)/b11-5+. The Morgan fingerprint density at radius 2 is 2.31 bits per heavy atom. The highest BCUT2D eigenvalue weighted by atomic mass is 16.7. The molecule has 6 heteroatoms. The Bertz CT molecular complexity index is 431. The second-order valence-electron chi connectivity index (χ2n) is 2.97. The number of carbonyl (C=O) groups excluding carboxylic acids is 1. The summed E-state index contributed by atoms with van der Waals surface area (Å²) in [5.74, 6) is 1.38. The van der Waals surface area contributed by atoms with Gasteiger partial charge in [0.15, 0.2) is 11.5 Å². The first-order chi connectivity index (χ1) is 7.79. The number of hydrogen-bond donors (Lipinski definition) is 1. The van der Waals surface area contributed by atoms with Gasteiger partial charge in [-0.3, -0.25) is 0 Å². The van der Waals surface area contributed by atoms with Gasteiger partial charge < -0.3 is 14.2 Å². The molecule has 1 amide bonds. The van der Waals surface area contributed by atoms with Crippen molar-refractivity contribution in [3.63, 3.8) is 0 Å². The Morgan fingerprint density at radius 3 is 3.12 bits per heavy atom. The normalized spacial score (nSPS) is 12.8. The van der Waals surface area contributed by atoms with E-state index in [-0.39, 0.29) is 6.79 Å². The number of nitrogens with zero attached hydrogens (tertiary/aromatic N) is 1. The van der Waals surface area contributed by atoms with Crippen molar-refractivity contribution in [3.8, 4) is 11.5 Å². The first kappa shape index (κ1) is 10.3. The molecule has 1 aromatic rings. The highest BCUT2D eigenvalue weighted by Gasteiger charge is 2.12. The summed E-state index contributed by atoms with van der Waals surface area (Å²) in [5.41, 5.74) is 2.98. The number of methoxy groups -OCH3 is 1.